The fraction of sp³-hybridized carbons (Fsp3) is 0.263. The zero-order valence-electron chi connectivity index (χ0n) is 14.7. The minimum atomic E-state index is -0.243. The SMILES string of the molecule is Cc1c(C(=O)NC2CC2)cnn1-c1ccc(SCc2ccc(F)cc2)nn1. The molecule has 2 aromatic heterocycles. The van der Waals surface area contributed by atoms with Gasteiger partial charge in [0.2, 0.25) is 0 Å². The smallest absolute Gasteiger partial charge is 0.254 e. The van der Waals surface area contributed by atoms with Gasteiger partial charge in [0.15, 0.2) is 5.82 Å². The minimum Gasteiger partial charge on any atom is -0.349 e. The van der Waals surface area contributed by atoms with Gasteiger partial charge in [-0.2, -0.15) is 5.10 Å². The van der Waals surface area contributed by atoms with E-state index in [0.29, 0.717) is 23.2 Å². The summed E-state index contributed by atoms with van der Waals surface area (Å²) in [6.07, 6.45) is 3.65. The van der Waals surface area contributed by atoms with Gasteiger partial charge in [-0.05, 0) is 49.6 Å². The molecule has 1 amide bonds. The number of hydrogen-bond donors (Lipinski definition) is 1. The number of halogens is 1. The summed E-state index contributed by atoms with van der Waals surface area (Å²) in [6.45, 7) is 1.84. The second-order valence-corrected chi connectivity index (χ2v) is 7.44. The summed E-state index contributed by atoms with van der Waals surface area (Å²) >= 11 is 1.52. The van der Waals surface area contributed by atoms with Gasteiger partial charge in [0.25, 0.3) is 5.91 Å². The number of hydrogen-bond acceptors (Lipinski definition) is 5. The van der Waals surface area contributed by atoms with Crippen LogP contribution in [0, 0.1) is 12.7 Å². The van der Waals surface area contributed by atoms with Gasteiger partial charge in [0.1, 0.15) is 10.8 Å². The summed E-state index contributed by atoms with van der Waals surface area (Å²) in [5, 5.41) is 16.4. The molecule has 4 rings (SSSR count). The topological polar surface area (TPSA) is 72.7 Å². The lowest BCUT2D eigenvalue weighted by Gasteiger charge is -2.06. The van der Waals surface area contributed by atoms with E-state index in [2.05, 4.69) is 20.6 Å². The summed E-state index contributed by atoms with van der Waals surface area (Å²) in [6, 6.07) is 10.4. The van der Waals surface area contributed by atoms with Gasteiger partial charge < -0.3 is 5.32 Å². The molecule has 1 fully saturated rings. The molecule has 1 N–H and O–H groups in total. The van der Waals surface area contributed by atoms with Crippen LogP contribution in [0.1, 0.15) is 34.5 Å². The first-order chi connectivity index (χ1) is 13.1. The maximum atomic E-state index is 12.9. The third-order valence-electron chi connectivity index (χ3n) is 4.31. The third kappa shape index (κ3) is 4.16. The van der Waals surface area contributed by atoms with Crippen LogP contribution in [0.5, 0.6) is 0 Å². The molecule has 0 aliphatic heterocycles. The van der Waals surface area contributed by atoms with Gasteiger partial charge in [-0.1, -0.05) is 23.9 Å². The fourth-order valence-electron chi connectivity index (χ4n) is 2.60. The Bertz CT molecular complexity index is 951. The van der Waals surface area contributed by atoms with Crippen LogP contribution in [-0.2, 0) is 5.75 Å². The Balaban J connectivity index is 1.43. The lowest BCUT2D eigenvalue weighted by Crippen LogP contribution is -2.25. The van der Waals surface area contributed by atoms with Crippen molar-refractivity contribution in [3.63, 3.8) is 0 Å². The monoisotopic (exact) mass is 383 g/mol. The highest BCUT2D eigenvalue weighted by molar-refractivity contribution is 7.98. The first-order valence-electron chi connectivity index (χ1n) is 8.67. The Morgan fingerprint density at radius 3 is 2.67 bits per heavy atom. The Kier molecular flexibility index (Phi) is 4.89. The van der Waals surface area contributed by atoms with Crippen LogP contribution in [0.2, 0.25) is 0 Å². The highest BCUT2D eigenvalue weighted by Crippen LogP contribution is 2.22. The number of thioether (sulfide) groups is 1. The molecule has 6 nitrogen and oxygen atoms in total. The molecule has 1 saturated carbocycles. The van der Waals surface area contributed by atoms with E-state index in [1.165, 1.54) is 23.9 Å². The zero-order chi connectivity index (χ0) is 18.8. The normalized spacial score (nSPS) is 13.6. The van der Waals surface area contributed by atoms with Crippen LogP contribution in [0.3, 0.4) is 0 Å². The summed E-state index contributed by atoms with van der Waals surface area (Å²) in [5.74, 6) is 0.901. The maximum absolute atomic E-state index is 12.9. The highest BCUT2D eigenvalue weighted by atomic mass is 32.2. The molecule has 0 saturated heterocycles. The van der Waals surface area contributed by atoms with Gasteiger partial charge in [-0.25, -0.2) is 9.07 Å². The fourth-order valence-corrected chi connectivity index (χ4v) is 3.36. The van der Waals surface area contributed by atoms with Crippen LogP contribution in [0.4, 0.5) is 4.39 Å². The minimum absolute atomic E-state index is 0.0966. The Morgan fingerprint density at radius 1 is 1.22 bits per heavy atom. The number of amides is 1. The van der Waals surface area contributed by atoms with Gasteiger partial charge in [-0.15, -0.1) is 10.2 Å². The molecule has 8 heteroatoms. The van der Waals surface area contributed by atoms with Gasteiger partial charge in [0, 0.05) is 11.8 Å². The van der Waals surface area contributed by atoms with Crippen LogP contribution in [0.15, 0.2) is 47.6 Å². The Hall–Kier alpha value is -2.74. The lowest BCUT2D eigenvalue weighted by molar-refractivity contribution is 0.0950. The van der Waals surface area contributed by atoms with Crippen molar-refractivity contribution in [1.29, 1.82) is 0 Å². The zero-order valence-corrected chi connectivity index (χ0v) is 15.5. The molecule has 1 aliphatic carbocycles. The van der Waals surface area contributed by atoms with Crippen LogP contribution >= 0.6 is 11.8 Å². The van der Waals surface area contributed by atoms with Crippen molar-refractivity contribution in [1.82, 2.24) is 25.3 Å². The molecule has 0 atom stereocenters. The largest absolute Gasteiger partial charge is 0.349 e. The molecule has 138 valence electrons. The van der Waals surface area contributed by atoms with Gasteiger partial charge in [0.05, 0.1) is 17.5 Å². The van der Waals surface area contributed by atoms with E-state index in [1.54, 1.807) is 23.0 Å². The molecule has 0 unspecified atom stereocenters. The van der Waals surface area contributed by atoms with E-state index in [1.807, 2.05) is 19.1 Å². The summed E-state index contributed by atoms with van der Waals surface area (Å²) in [4.78, 5) is 12.2. The molecule has 3 aromatic rings. The number of nitrogens with one attached hydrogen (secondary N) is 1. The van der Waals surface area contributed by atoms with Gasteiger partial charge >= 0.3 is 0 Å². The number of carbonyl (C=O) groups excluding carboxylic acids is 1. The van der Waals surface area contributed by atoms with Crippen molar-refractivity contribution in [2.75, 3.05) is 0 Å². The molecular formula is C19H18FN5OS. The molecule has 1 aliphatic rings. The van der Waals surface area contributed by atoms with Gasteiger partial charge in [-0.3, -0.25) is 4.79 Å². The first-order valence-corrected chi connectivity index (χ1v) is 9.65. The van der Waals surface area contributed by atoms with Crippen molar-refractivity contribution in [3.8, 4) is 5.82 Å². The molecule has 0 bridgehead atoms. The number of aromatic nitrogens is 4. The Morgan fingerprint density at radius 2 is 2.00 bits per heavy atom. The number of benzene rings is 1. The van der Waals surface area contributed by atoms with E-state index in [4.69, 9.17) is 0 Å². The van der Waals surface area contributed by atoms with E-state index in [9.17, 15) is 9.18 Å². The number of carbonyl (C=O) groups is 1. The van der Waals surface area contributed by atoms with Crippen LogP contribution in [-0.4, -0.2) is 31.9 Å². The predicted octanol–water partition coefficient (Wildman–Crippen LogP) is 3.29. The van der Waals surface area contributed by atoms with Crippen LogP contribution in [0.25, 0.3) is 5.82 Å². The summed E-state index contributed by atoms with van der Waals surface area (Å²) in [5.41, 5.74) is 2.30. The first kappa shape index (κ1) is 17.7. The van der Waals surface area contributed by atoms with E-state index in [-0.39, 0.29) is 11.7 Å². The quantitative estimate of drug-likeness (QED) is 0.661. The van der Waals surface area contributed by atoms with E-state index in [0.717, 1.165) is 29.1 Å². The lowest BCUT2D eigenvalue weighted by atomic mass is 10.2. The molecule has 0 radical (unpaired) electrons. The van der Waals surface area contributed by atoms with Crippen molar-refractivity contribution < 1.29 is 9.18 Å². The summed E-state index contributed by atoms with van der Waals surface area (Å²) in [7, 11) is 0. The molecule has 1 aromatic carbocycles. The molecule has 2 heterocycles. The van der Waals surface area contributed by atoms with Crippen molar-refractivity contribution in [2.24, 2.45) is 0 Å². The third-order valence-corrected chi connectivity index (χ3v) is 5.30. The Labute approximate surface area is 160 Å². The van der Waals surface area contributed by atoms with Crippen molar-refractivity contribution in [3.05, 3.63) is 65.2 Å². The number of rotatable bonds is 6. The number of nitrogens with zero attached hydrogens (tertiary/aromatic N) is 4. The average molecular weight is 383 g/mol. The van der Waals surface area contributed by atoms with Crippen molar-refractivity contribution >= 4 is 17.7 Å². The van der Waals surface area contributed by atoms with E-state index >= 15 is 0 Å². The second-order valence-electron chi connectivity index (χ2n) is 6.45. The van der Waals surface area contributed by atoms with Crippen molar-refractivity contribution in [2.45, 2.75) is 36.6 Å². The maximum Gasteiger partial charge on any atom is 0.254 e. The standard InChI is InChI=1S/C19H18FN5OS/c1-12-16(19(26)22-15-6-7-15)10-21-25(12)17-8-9-18(24-23-17)27-11-13-2-4-14(20)5-3-13/h2-5,8-10,15H,6-7,11H2,1H3,(H,22,26). The molecule has 0 spiro atoms. The molecular weight excluding hydrogens is 365 g/mol. The van der Waals surface area contributed by atoms with Crippen LogP contribution < -0.4 is 5.32 Å². The second kappa shape index (κ2) is 7.48. The highest BCUT2D eigenvalue weighted by Gasteiger charge is 2.25. The average Bonchev–Trinajstić information content (AvgIpc) is 3.41. The molecule has 27 heavy (non-hydrogen) atoms. The predicted molar refractivity (Wildman–Crippen MR) is 100 cm³/mol. The summed E-state index contributed by atoms with van der Waals surface area (Å²) < 4.78 is 14.6. The van der Waals surface area contributed by atoms with E-state index < -0.39 is 0 Å².